The van der Waals surface area contributed by atoms with E-state index >= 15 is 0 Å². The van der Waals surface area contributed by atoms with Crippen LogP contribution in [0.3, 0.4) is 0 Å². The second kappa shape index (κ2) is 4.28. The summed E-state index contributed by atoms with van der Waals surface area (Å²) in [4.78, 5) is 0. The summed E-state index contributed by atoms with van der Waals surface area (Å²) < 4.78 is 5.84. The molecule has 0 aliphatic rings. The molecular weight excluding hydrogens is 260 g/mol. The van der Waals surface area contributed by atoms with E-state index in [0.29, 0.717) is 11.4 Å². The van der Waals surface area contributed by atoms with Gasteiger partial charge in [0, 0.05) is 10.8 Å². The largest absolute Gasteiger partial charge is 0.456 e. The van der Waals surface area contributed by atoms with Gasteiger partial charge in [-0.15, -0.1) is 0 Å². The van der Waals surface area contributed by atoms with E-state index in [9.17, 15) is 0 Å². The van der Waals surface area contributed by atoms with Gasteiger partial charge in [0.25, 0.3) is 0 Å². The lowest BCUT2D eigenvalue weighted by molar-refractivity contribution is 0.669. The van der Waals surface area contributed by atoms with E-state index in [2.05, 4.69) is 12.1 Å². The number of benzene rings is 3. The van der Waals surface area contributed by atoms with Crippen LogP contribution in [0.1, 0.15) is 0 Å². The fourth-order valence-corrected chi connectivity index (χ4v) is 2.66. The molecule has 4 N–H and O–H groups in total. The average Bonchev–Trinajstić information content (AvgIpc) is 2.88. The molecule has 0 spiro atoms. The van der Waals surface area contributed by atoms with Crippen molar-refractivity contribution in [3.05, 3.63) is 60.7 Å². The molecule has 3 aromatic carbocycles. The van der Waals surface area contributed by atoms with Crippen molar-refractivity contribution in [2.75, 3.05) is 11.5 Å². The molecule has 21 heavy (non-hydrogen) atoms. The minimum absolute atomic E-state index is 0.602. The monoisotopic (exact) mass is 274 g/mol. The van der Waals surface area contributed by atoms with Crippen LogP contribution >= 0.6 is 0 Å². The first-order valence-electron chi connectivity index (χ1n) is 6.79. The Hall–Kier alpha value is -2.94. The van der Waals surface area contributed by atoms with Crippen molar-refractivity contribution in [3.8, 4) is 11.1 Å². The first-order valence-corrected chi connectivity index (χ1v) is 6.79. The highest BCUT2D eigenvalue weighted by Gasteiger charge is 2.08. The molecule has 0 bridgehead atoms. The third-order valence-corrected chi connectivity index (χ3v) is 3.80. The highest BCUT2D eigenvalue weighted by Crippen LogP contribution is 2.33. The van der Waals surface area contributed by atoms with Crippen molar-refractivity contribution in [1.82, 2.24) is 0 Å². The number of rotatable bonds is 1. The molecule has 0 aliphatic heterocycles. The van der Waals surface area contributed by atoms with Crippen LogP contribution in [0.4, 0.5) is 11.4 Å². The topological polar surface area (TPSA) is 65.2 Å². The van der Waals surface area contributed by atoms with Gasteiger partial charge in [0.05, 0.1) is 11.4 Å². The maximum atomic E-state index is 5.90. The second-order valence-electron chi connectivity index (χ2n) is 5.15. The van der Waals surface area contributed by atoms with Crippen molar-refractivity contribution >= 4 is 33.3 Å². The number of para-hydroxylation sites is 1. The molecule has 0 aliphatic carbocycles. The Bertz CT molecular complexity index is 969. The van der Waals surface area contributed by atoms with Crippen molar-refractivity contribution in [3.63, 3.8) is 0 Å². The smallest absolute Gasteiger partial charge is 0.135 e. The predicted molar refractivity (Wildman–Crippen MR) is 88.0 cm³/mol. The lowest BCUT2D eigenvalue weighted by Crippen LogP contribution is -1.94. The Morgan fingerprint density at radius 2 is 1.33 bits per heavy atom. The van der Waals surface area contributed by atoms with Crippen LogP contribution in [0.15, 0.2) is 65.1 Å². The fraction of sp³-hybridized carbons (Fsp3) is 0. The lowest BCUT2D eigenvalue weighted by atomic mass is 10.0. The molecule has 3 nitrogen and oxygen atoms in total. The summed E-state index contributed by atoms with van der Waals surface area (Å²) in [5.74, 6) is 0. The number of anilines is 2. The fourth-order valence-electron chi connectivity index (χ4n) is 2.66. The summed E-state index contributed by atoms with van der Waals surface area (Å²) in [5.41, 5.74) is 16.8. The van der Waals surface area contributed by atoms with Crippen molar-refractivity contribution in [1.29, 1.82) is 0 Å². The van der Waals surface area contributed by atoms with Gasteiger partial charge in [-0.1, -0.05) is 30.3 Å². The number of nitrogens with two attached hydrogens (primary N) is 2. The van der Waals surface area contributed by atoms with Gasteiger partial charge in [-0.2, -0.15) is 0 Å². The molecule has 4 rings (SSSR count). The Kier molecular flexibility index (Phi) is 2.42. The molecule has 4 aromatic rings. The molecule has 1 aromatic heterocycles. The van der Waals surface area contributed by atoms with Gasteiger partial charge in [0.1, 0.15) is 11.2 Å². The van der Waals surface area contributed by atoms with Gasteiger partial charge >= 0.3 is 0 Å². The maximum Gasteiger partial charge on any atom is 0.135 e. The first-order chi connectivity index (χ1) is 10.2. The SMILES string of the molecule is Nc1ccc(-c2ccc3oc4ccccc4c3c2)cc1N. The minimum Gasteiger partial charge on any atom is -0.456 e. The van der Waals surface area contributed by atoms with Gasteiger partial charge in [-0.25, -0.2) is 0 Å². The van der Waals surface area contributed by atoms with Crippen molar-refractivity contribution in [2.24, 2.45) is 0 Å². The summed E-state index contributed by atoms with van der Waals surface area (Å²) in [7, 11) is 0. The van der Waals surface area contributed by atoms with Crippen molar-refractivity contribution in [2.45, 2.75) is 0 Å². The summed E-state index contributed by atoms with van der Waals surface area (Å²) in [6.45, 7) is 0. The minimum atomic E-state index is 0.602. The third-order valence-electron chi connectivity index (χ3n) is 3.80. The van der Waals surface area contributed by atoms with Gasteiger partial charge in [-0.3, -0.25) is 0 Å². The molecule has 0 saturated heterocycles. The summed E-state index contributed by atoms with van der Waals surface area (Å²) in [6, 6.07) is 19.9. The van der Waals surface area contributed by atoms with Gasteiger partial charge in [0.15, 0.2) is 0 Å². The van der Waals surface area contributed by atoms with E-state index < -0.39 is 0 Å². The Morgan fingerprint density at radius 1 is 0.619 bits per heavy atom. The van der Waals surface area contributed by atoms with Crippen molar-refractivity contribution < 1.29 is 4.42 Å². The summed E-state index contributed by atoms with van der Waals surface area (Å²) in [6.07, 6.45) is 0. The third kappa shape index (κ3) is 1.82. The van der Waals surface area contributed by atoms with E-state index in [0.717, 1.165) is 33.1 Å². The molecule has 0 fully saturated rings. The van der Waals surface area contributed by atoms with Crippen LogP contribution in [-0.2, 0) is 0 Å². The number of furan rings is 1. The number of hydrogen-bond donors (Lipinski definition) is 2. The van der Waals surface area contributed by atoms with E-state index in [4.69, 9.17) is 15.9 Å². The quantitative estimate of drug-likeness (QED) is 0.505. The highest BCUT2D eigenvalue weighted by molar-refractivity contribution is 6.06. The average molecular weight is 274 g/mol. The summed E-state index contributed by atoms with van der Waals surface area (Å²) in [5, 5.41) is 2.23. The van der Waals surface area contributed by atoms with Crippen LogP contribution in [0.25, 0.3) is 33.1 Å². The van der Waals surface area contributed by atoms with Crippen LogP contribution in [0.2, 0.25) is 0 Å². The molecule has 3 heteroatoms. The molecule has 0 atom stereocenters. The Morgan fingerprint density at radius 3 is 2.19 bits per heavy atom. The van der Waals surface area contributed by atoms with Gasteiger partial charge in [-0.05, 0) is 41.5 Å². The highest BCUT2D eigenvalue weighted by atomic mass is 16.3. The molecular formula is C18H14N2O. The van der Waals surface area contributed by atoms with Crippen LogP contribution in [0.5, 0.6) is 0 Å². The number of fused-ring (bicyclic) bond motifs is 3. The van der Waals surface area contributed by atoms with E-state index in [1.807, 2.05) is 48.5 Å². The zero-order valence-corrected chi connectivity index (χ0v) is 11.3. The van der Waals surface area contributed by atoms with E-state index in [1.165, 1.54) is 0 Å². The maximum absolute atomic E-state index is 5.90. The molecule has 0 saturated carbocycles. The second-order valence-corrected chi connectivity index (χ2v) is 5.15. The Balaban J connectivity index is 1.97. The molecule has 0 unspecified atom stereocenters. The predicted octanol–water partition coefficient (Wildman–Crippen LogP) is 4.42. The normalized spacial score (nSPS) is 11.2. The molecule has 1 heterocycles. The molecule has 102 valence electrons. The van der Waals surface area contributed by atoms with Crippen LogP contribution < -0.4 is 11.5 Å². The van der Waals surface area contributed by atoms with E-state index in [1.54, 1.807) is 0 Å². The zero-order valence-electron chi connectivity index (χ0n) is 11.3. The standard InChI is InChI=1S/C18H14N2O/c19-15-7-5-12(10-16(15)20)11-6-8-18-14(9-11)13-3-1-2-4-17(13)21-18/h1-10H,19-20H2. The number of hydrogen-bond acceptors (Lipinski definition) is 3. The Labute approximate surface area is 121 Å². The van der Waals surface area contributed by atoms with Crippen LogP contribution in [-0.4, -0.2) is 0 Å². The van der Waals surface area contributed by atoms with Gasteiger partial charge < -0.3 is 15.9 Å². The molecule has 0 radical (unpaired) electrons. The summed E-state index contributed by atoms with van der Waals surface area (Å²) >= 11 is 0. The number of nitrogen functional groups attached to an aromatic ring is 2. The first kappa shape index (κ1) is 11.9. The van der Waals surface area contributed by atoms with Crippen LogP contribution in [0, 0.1) is 0 Å². The molecule has 0 amide bonds. The van der Waals surface area contributed by atoms with Gasteiger partial charge in [0.2, 0.25) is 0 Å². The zero-order chi connectivity index (χ0) is 14.4. The lowest BCUT2D eigenvalue weighted by Gasteiger charge is -2.05. The van der Waals surface area contributed by atoms with E-state index in [-0.39, 0.29) is 0 Å².